The van der Waals surface area contributed by atoms with E-state index in [4.69, 9.17) is 4.74 Å². The fraction of sp³-hybridized carbons (Fsp3) is 0.200. The van der Waals surface area contributed by atoms with Crippen molar-refractivity contribution in [3.05, 3.63) is 75.7 Å². The largest absolute Gasteiger partial charge is 0.573 e. The van der Waals surface area contributed by atoms with Crippen molar-refractivity contribution >= 4 is 17.2 Å². The van der Waals surface area contributed by atoms with Gasteiger partial charge in [0, 0.05) is 11.9 Å². The SMILES string of the molecule is Cc1nc(COc2ccccc2C(=O)NCc2ccc(OC(F)(F)F)cc2)cs1. The highest BCUT2D eigenvalue weighted by Crippen LogP contribution is 2.23. The van der Waals surface area contributed by atoms with Gasteiger partial charge in [0.2, 0.25) is 0 Å². The lowest BCUT2D eigenvalue weighted by atomic mass is 10.1. The van der Waals surface area contributed by atoms with Gasteiger partial charge in [-0.25, -0.2) is 4.98 Å². The van der Waals surface area contributed by atoms with Gasteiger partial charge in [-0.15, -0.1) is 24.5 Å². The summed E-state index contributed by atoms with van der Waals surface area (Å²) < 4.78 is 46.2. The number of para-hydroxylation sites is 1. The van der Waals surface area contributed by atoms with Crippen molar-refractivity contribution in [2.24, 2.45) is 0 Å². The molecule has 0 atom stereocenters. The molecule has 152 valence electrons. The number of nitrogens with zero attached hydrogens (tertiary/aromatic N) is 1. The zero-order valence-electron chi connectivity index (χ0n) is 15.3. The Morgan fingerprint density at radius 1 is 1.14 bits per heavy atom. The van der Waals surface area contributed by atoms with Gasteiger partial charge in [0.05, 0.1) is 16.3 Å². The molecule has 0 aliphatic heterocycles. The molecule has 9 heteroatoms. The highest BCUT2D eigenvalue weighted by molar-refractivity contribution is 7.09. The number of carbonyl (C=O) groups is 1. The first-order chi connectivity index (χ1) is 13.8. The molecule has 0 saturated heterocycles. The van der Waals surface area contributed by atoms with E-state index in [0.29, 0.717) is 16.9 Å². The molecule has 29 heavy (non-hydrogen) atoms. The number of halogens is 3. The zero-order valence-corrected chi connectivity index (χ0v) is 16.1. The molecule has 0 fully saturated rings. The standard InChI is InChI=1S/C20H17F3N2O3S/c1-13-25-15(12-29-13)11-27-18-5-3-2-4-17(18)19(26)24-10-14-6-8-16(9-7-14)28-20(21,22)23/h2-9,12H,10-11H2,1H3,(H,24,26). The minimum atomic E-state index is -4.74. The van der Waals surface area contributed by atoms with Crippen LogP contribution in [0.2, 0.25) is 0 Å². The first kappa shape index (κ1) is 20.7. The van der Waals surface area contributed by atoms with E-state index in [0.717, 1.165) is 10.7 Å². The van der Waals surface area contributed by atoms with Crippen LogP contribution in [0.15, 0.2) is 53.9 Å². The van der Waals surface area contributed by atoms with Crippen molar-refractivity contribution < 1.29 is 27.4 Å². The number of alkyl halides is 3. The molecule has 0 unspecified atom stereocenters. The third kappa shape index (κ3) is 6.21. The number of ether oxygens (including phenoxy) is 2. The maximum absolute atomic E-state index is 12.5. The summed E-state index contributed by atoms with van der Waals surface area (Å²) in [5.41, 5.74) is 1.77. The summed E-state index contributed by atoms with van der Waals surface area (Å²) >= 11 is 1.52. The maximum Gasteiger partial charge on any atom is 0.573 e. The van der Waals surface area contributed by atoms with Crippen LogP contribution in [-0.4, -0.2) is 17.3 Å². The number of thiazole rings is 1. The van der Waals surface area contributed by atoms with Crippen LogP contribution in [0.4, 0.5) is 13.2 Å². The van der Waals surface area contributed by atoms with Crippen LogP contribution in [0.25, 0.3) is 0 Å². The quantitative estimate of drug-likeness (QED) is 0.591. The van der Waals surface area contributed by atoms with Crippen molar-refractivity contribution in [1.29, 1.82) is 0 Å². The van der Waals surface area contributed by atoms with Crippen molar-refractivity contribution in [2.45, 2.75) is 26.4 Å². The number of rotatable bonds is 7. The minimum absolute atomic E-state index is 0.144. The highest BCUT2D eigenvalue weighted by Gasteiger charge is 2.30. The van der Waals surface area contributed by atoms with Gasteiger partial charge in [-0.1, -0.05) is 24.3 Å². The minimum Gasteiger partial charge on any atom is -0.486 e. The zero-order chi connectivity index (χ0) is 20.9. The smallest absolute Gasteiger partial charge is 0.486 e. The summed E-state index contributed by atoms with van der Waals surface area (Å²) in [4.78, 5) is 16.8. The maximum atomic E-state index is 12.5. The van der Waals surface area contributed by atoms with Gasteiger partial charge < -0.3 is 14.8 Å². The molecule has 3 aromatic rings. The Morgan fingerprint density at radius 3 is 2.52 bits per heavy atom. The van der Waals surface area contributed by atoms with Crippen LogP contribution in [0, 0.1) is 6.92 Å². The lowest BCUT2D eigenvalue weighted by Crippen LogP contribution is -2.23. The third-order valence-electron chi connectivity index (χ3n) is 3.78. The van der Waals surface area contributed by atoms with E-state index in [9.17, 15) is 18.0 Å². The molecule has 0 aliphatic carbocycles. The van der Waals surface area contributed by atoms with E-state index in [2.05, 4.69) is 15.0 Å². The van der Waals surface area contributed by atoms with Gasteiger partial charge in [0.15, 0.2) is 0 Å². The van der Waals surface area contributed by atoms with E-state index in [1.165, 1.54) is 35.6 Å². The van der Waals surface area contributed by atoms with Crippen molar-refractivity contribution in [1.82, 2.24) is 10.3 Å². The predicted molar refractivity (Wildman–Crippen MR) is 102 cm³/mol. The lowest BCUT2D eigenvalue weighted by molar-refractivity contribution is -0.274. The molecule has 3 rings (SSSR count). The monoisotopic (exact) mass is 422 g/mol. The van der Waals surface area contributed by atoms with E-state index < -0.39 is 6.36 Å². The number of carbonyl (C=O) groups excluding carboxylic acids is 1. The van der Waals surface area contributed by atoms with Crippen LogP contribution >= 0.6 is 11.3 Å². The molecule has 1 aromatic heterocycles. The molecule has 0 bridgehead atoms. The molecule has 1 N–H and O–H groups in total. The molecule has 0 radical (unpaired) electrons. The van der Waals surface area contributed by atoms with E-state index in [-0.39, 0.29) is 24.8 Å². The Hall–Kier alpha value is -3.07. The number of aromatic nitrogens is 1. The number of benzene rings is 2. The van der Waals surface area contributed by atoms with Crippen LogP contribution in [-0.2, 0) is 13.2 Å². The Kier molecular flexibility index (Phi) is 6.38. The fourth-order valence-electron chi connectivity index (χ4n) is 2.49. The number of nitrogens with one attached hydrogen (secondary N) is 1. The Labute approximate surface area is 169 Å². The third-order valence-corrected chi connectivity index (χ3v) is 4.61. The van der Waals surface area contributed by atoms with Gasteiger partial charge in [-0.3, -0.25) is 4.79 Å². The molecule has 0 saturated carbocycles. The van der Waals surface area contributed by atoms with Gasteiger partial charge >= 0.3 is 6.36 Å². The molecule has 0 spiro atoms. The average Bonchev–Trinajstić information content (AvgIpc) is 3.10. The molecule has 1 amide bonds. The van der Waals surface area contributed by atoms with Gasteiger partial charge in [-0.05, 0) is 36.8 Å². The number of aryl methyl sites for hydroxylation is 1. The molecular weight excluding hydrogens is 405 g/mol. The van der Waals surface area contributed by atoms with Gasteiger partial charge in [0.1, 0.15) is 18.1 Å². The summed E-state index contributed by atoms with van der Waals surface area (Å²) in [5, 5.41) is 5.55. The Morgan fingerprint density at radius 2 is 1.86 bits per heavy atom. The summed E-state index contributed by atoms with van der Waals surface area (Å²) in [7, 11) is 0. The average molecular weight is 422 g/mol. The second kappa shape index (κ2) is 8.95. The van der Waals surface area contributed by atoms with Gasteiger partial charge in [-0.2, -0.15) is 0 Å². The summed E-state index contributed by atoms with van der Waals surface area (Å²) in [6.07, 6.45) is -4.74. The van der Waals surface area contributed by atoms with Crippen LogP contribution in [0.3, 0.4) is 0 Å². The molecule has 1 heterocycles. The molecule has 2 aromatic carbocycles. The summed E-state index contributed by atoms with van der Waals surface area (Å²) in [5.74, 6) is -0.251. The van der Waals surface area contributed by atoms with Crippen LogP contribution < -0.4 is 14.8 Å². The van der Waals surface area contributed by atoms with Crippen molar-refractivity contribution in [3.63, 3.8) is 0 Å². The summed E-state index contributed by atoms with van der Waals surface area (Å²) in [6, 6.07) is 12.1. The first-order valence-electron chi connectivity index (χ1n) is 8.56. The Bertz CT molecular complexity index is 972. The second-order valence-corrected chi connectivity index (χ2v) is 7.08. The molecular formula is C20H17F3N2O3S. The molecule has 5 nitrogen and oxygen atoms in total. The van der Waals surface area contributed by atoms with Crippen LogP contribution in [0.1, 0.15) is 26.6 Å². The fourth-order valence-corrected chi connectivity index (χ4v) is 3.09. The van der Waals surface area contributed by atoms with Gasteiger partial charge in [0.25, 0.3) is 5.91 Å². The van der Waals surface area contributed by atoms with Crippen molar-refractivity contribution in [3.8, 4) is 11.5 Å². The number of hydrogen-bond acceptors (Lipinski definition) is 5. The first-order valence-corrected chi connectivity index (χ1v) is 9.44. The predicted octanol–water partition coefficient (Wildman–Crippen LogP) is 4.86. The van der Waals surface area contributed by atoms with Crippen LogP contribution in [0.5, 0.6) is 11.5 Å². The Balaban J connectivity index is 1.59. The second-order valence-electron chi connectivity index (χ2n) is 6.02. The normalized spacial score (nSPS) is 11.2. The topological polar surface area (TPSA) is 60.5 Å². The van der Waals surface area contributed by atoms with E-state index >= 15 is 0 Å². The number of amides is 1. The van der Waals surface area contributed by atoms with E-state index in [1.807, 2.05) is 12.3 Å². The van der Waals surface area contributed by atoms with Crippen molar-refractivity contribution in [2.75, 3.05) is 0 Å². The summed E-state index contributed by atoms with van der Waals surface area (Å²) in [6.45, 7) is 2.29. The highest BCUT2D eigenvalue weighted by atomic mass is 32.1. The van der Waals surface area contributed by atoms with E-state index in [1.54, 1.807) is 24.3 Å². The molecule has 0 aliphatic rings. The number of hydrogen-bond donors (Lipinski definition) is 1. The lowest BCUT2D eigenvalue weighted by Gasteiger charge is -2.12.